The Morgan fingerprint density at radius 2 is 1.87 bits per heavy atom. The van der Waals surface area contributed by atoms with Gasteiger partial charge in [-0.15, -0.1) is 12.4 Å². The van der Waals surface area contributed by atoms with Crippen molar-refractivity contribution >= 4 is 12.4 Å². The van der Waals surface area contributed by atoms with E-state index in [1.165, 1.54) is 0 Å². The number of aliphatic hydroxyl groups is 1. The molecular weight excluding hydrogens is 214 g/mol. The van der Waals surface area contributed by atoms with Gasteiger partial charge in [-0.25, -0.2) is 0 Å². The van der Waals surface area contributed by atoms with Gasteiger partial charge < -0.3 is 10.2 Å². The molecule has 1 rings (SSSR count). The number of nitrogens with one attached hydrogen (secondary N) is 1. The van der Waals surface area contributed by atoms with Crippen LogP contribution in [-0.2, 0) is 6.42 Å². The molecule has 0 saturated heterocycles. The van der Waals surface area contributed by atoms with Gasteiger partial charge in [0.15, 0.2) is 0 Å². The highest BCUT2D eigenvalue weighted by atomic mass is 35.5. The SMILES string of the molecule is CC(C)NC(O)Cc1ccccc1O.Cl. The van der Waals surface area contributed by atoms with Crippen molar-refractivity contribution < 1.29 is 10.2 Å². The second-order valence-corrected chi connectivity index (χ2v) is 3.67. The second-order valence-electron chi connectivity index (χ2n) is 3.67. The minimum atomic E-state index is -0.608. The van der Waals surface area contributed by atoms with Crippen LogP contribution in [0.5, 0.6) is 5.75 Å². The Kier molecular flexibility index (Phi) is 6.32. The number of aliphatic hydroxyl groups excluding tert-OH is 1. The summed E-state index contributed by atoms with van der Waals surface area (Å²) in [7, 11) is 0. The first-order valence-electron chi connectivity index (χ1n) is 4.80. The zero-order valence-corrected chi connectivity index (χ0v) is 9.79. The summed E-state index contributed by atoms with van der Waals surface area (Å²) in [5.41, 5.74) is 0.758. The van der Waals surface area contributed by atoms with E-state index in [1.807, 2.05) is 19.9 Å². The van der Waals surface area contributed by atoms with Crippen molar-refractivity contribution in [1.29, 1.82) is 0 Å². The highest BCUT2D eigenvalue weighted by Gasteiger charge is 2.08. The van der Waals surface area contributed by atoms with Crippen molar-refractivity contribution in [3.8, 4) is 5.75 Å². The van der Waals surface area contributed by atoms with Crippen molar-refractivity contribution in [2.45, 2.75) is 32.5 Å². The molecule has 0 saturated carbocycles. The predicted octanol–water partition coefficient (Wildman–Crippen LogP) is 1.67. The summed E-state index contributed by atoms with van der Waals surface area (Å²) in [6.45, 7) is 3.93. The molecule has 1 aromatic carbocycles. The Hall–Kier alpha value is -0.770. The molecule has 0 aliphatic rings. The van der Waals surface area contributed by atoms with Crippen LogP contribution in [-0.4, -0.2) is 22.5 Å². The molecule has 1 atom stereocenters. The van der Waals surface area contributed by atoms with Gasteiger partial charge in [0.2, 0.25) is 0 Å². The number of hydrogen-bond acceptors (Lipinski definition) is 3. The first kappa shape index (κ1) is 14.2. The Morgan fingerprint density at radius 1 is 1.27 bits per heavy atom. The molecule has 0 aliphatic heterocycles. The largest absolute Gasteiger partial charge is 0.508 e. The number of phenols is 1. The molecule has 0 aliphatic carbocycles. The average Bonchev–Trinajstić information content (AvgIpc) is 2.07. The van der Waals surface area contributed by atoms with E-state index in [9.17, 15) is 10.2 Å². The van der Waals surface area contributed by atoms with Crippen LogP contribution < -0.4 is 5.32 Å². The number of phenolic OH excluding ortho intramolecular Hbond substituents is 1. The highest BCUT2D eigenvalue weighted by Crippen LogP contribution is 2.16. The molecule has 0 amide bonds. The van der Waals surface area contributed by atoms with E-state index in [1.54, 1.807) is 18.2 Å². The molecule has 86 valence electrons. The van der Waals surface area contributed by atoms with E-state index in [0.29, 0.717) is 6.42 Å². The molecule has 0 fully saturated rings. The van der Waals surface area contributed by atoms with Crippen LogP contribution in [0.1, 0.15) is 19.4 Å². The van der Waals surface area contributed by atoms with E-state index in [2.05, 4.69) is 5.32 Å². The quantitative estimate of drug-likeness (QED) is 0.691. The number of benzene rings is 1. The third kappa shape index (κ3) is 5.02. The van der Waals surface area contributed by atoms with E-state index < -0.39 is 6.23 Å². The summed E-state index contributed by atoms with van der Waals surface area (Å²) in [6, 6.07) is 7.27. The van der Waals surface area contributed by atoms with Crippen LogP contribution in [0.25, 0.3) is 0 Å². The van der Waals surface area contributed by atoms with Gasteiger partial charge in [-0.2, -0.15) is 0 Å². The molecule has 1 unspecified atom stereocenters. The van der Waals surface area contributed by atoms with E-state index >= 15 is 0 Å². The first-order chi connectivity index (χ1) is 6.59. The predicted molar refractivity (Wildman–Crippen MR) is 63.3 cm³/mol. The van der Waals surface area contributed by atoms with Crippen molar-refractivity contribution in [1.82, 2.24) is 5.32 Å². The van der Waals surface area contributed by atoms with Gasteiger partial charge in [0, 0.05) is 12.5 Å². The van der Waals surface area contributed by atoms with Gasteiger partial charge in [-0.3, -0.25) is 5.32 Å². The topological polar surface area (TPSA) is 52.5 Å². The Morgan fingerprint density at radius 3 is 2.40 bits per heavy atom. The first-order valence-corrected chi connectivity index (χ1v) is 4.80. The molecule has 15 heavy (non-hydrogen) atoms. The highest BCUT2D eigenvalue weighted by molar-refractivity contribution is 5.85. The van der Waals surface area contributed by atoms with Crippen molar-refractivity contribution in [2.75, 3.05) is 0 Å². The van der Waals surface area contributed by atoms with Crippen LogP contribution >= 0.6 is 12.4 Å². The average molecular weight is 232 g/mol. The Labute approximate surface area is 96.5 Å². The van der Waals surface area contributed by atoms with E-state index in [-0.39, 0.29) is 24.2 Å². The van der Waals surface area contributed by atoms with Gasteiger partial charge in [0.1, 0.15) is 12.0 Å². The van der Waals surface area contributed by atoms with Gasteiger partial charge in [0.05, 0.1) is 0 Å². The van der Waals surface area contributed by atoms with Crippen LogP contribution in [0.2, 0.25) is 0 Å². The van der Waals surface area contributed by atoms with Crippen molar-refractivity contribution in [2.24, 2.45) is 0 Å². The lowest BCUT2D eigenvalue weighted by Crippen LogP contribution is -2.36. The standard InChI is InChI=1S/C11H17NO2.ClH/c1-8(2)12-11(14)7-9-5-3-4-6-10(9)13;/h3-6,8,11-14H,7H2,1-2H3;1H. The molecule has 0 aromatic heterocycles. The van der Waals surface area contributed by atoms with Crippen molar-refractivity contribution in [3.05, 3.63) is 29.8 Å². The number of para-hydroxylation sites is 1. The lowest BCUT2D eigenvalue weighted by Gasteiger charge is -2.16. The lowest BCUT2D eigenvalue weighted by atomic mass is 10.1. The van der Waals surface area contributed by atoms with Crippen molar-refractivity contribution in [3.63, 3.8) is 0 Å². The Balaban J connectivity index is 0.00000196. The molecule has 0 bridgehead atoms. The maximum Gasteiger partial charge on any atom is 0.118 e. The van der Waals surface area contributed by atoms with Gasteiger partial charge >= 0.3 is 0 Å². The summed E-state index contributed by atoms with van der Waals surface area (Å²) in [5.74, 6) is 0.233. The monoisotopic (exact) mass is 231 g/mol. The summed E-state index contributed by atoms with van der Waals surface area (Å²) in [6.07, 6.45) is -0.187. The van der Waals surface area contributed by atoms with Gasteiger partial charge in [-0.05, 0) is 25.5 Å². The van der Waals surface area contributed by atoms with Crippen LogP contribution in [0.15, 0.2) is 24.3 Å². The molecule has 0 spiro atoms. The van der Waals surface area contributed by atoms with Gasteiger partial charge in [0.25, 0.3) is 0 Å². The summed E-state index contributed by atoms with van der Waals surface area (Å²) >= 11 is 0. The molecule has 3 N–H and O–H groups in total. The number of hydrogen-bond donors (Lipinski definition) is 3. The fourth-order valence-corrected chi connectivity index (χ4v) is 1.34. The summed E-state index contributed by atoms with van der Waals surface area (Å²) in [4.78, 5) is 0. The summed E-state index contributed by atoms with van der Waals surface area (Å²) in [5, 5.41) is 22.0. The third-order valence-corrected chi connectivity index (χ3v) is 1.93. The maximum absolute atomic E-state index is 9.58. The van der Waals surface area contributed by atoms with Gasteiger partial charge in [-0.1, -0.05) is 18.2 Å². The zero-order chi connectivity index (χ0) is 10.6. The number of aromatic hydroxyl groups is 1. The summed E-state index contributed by atoms with van der Waals surface area (Å²) < 4.78 is 0. The Bertz CT molecular complexity index is 292. The smallest absolute Gasteiger partial charge is 0.118 e. The molecule has 1 aromatic rings. The third-order valence-electron chi connectivity index (χ3n) is 1.93. The minimum Gasteiger partial charge on any atom is -0.508 e. The van der Waals surface area contributed by atoms with Crippen LogP contribution in [0, 0.1) is 0 Å². The van der Waals surface area contributed by atoms with Crippen LogP contribution in [0.3, 0.4) is 0 Å². The van der Waals surface area contributed by atoms with E-state index in [4.69, 9.17) is 0 Å². The number of rotatable bonds is 4. The lowest BCUT2D eigenvalue weighted by molar-refractivity contribution is 0.127. The minimum absolute atomic E-state index is 0. The zero-order valence-electron chi connectivity index (χ0n) is 8.97. The normalized spacial score (nSPS) is 12.3. The molecule has 0 radical (unpaired) electrons. The fraction of sp³-hybridized carbons (Fsp3) is 0.455. The molecular formula is C11H18ClNO2. The van der Waals surface area contributed by atoms with E-state index in [0.717, 1.165) is 5.56 Å². The van der Waals surface area contributed by atoms with Crippen LogP contribution in [0.4, 0.5) is 0 Å². The second kappa shape index (κ2) is 6.67. The molecule has 4 heteroatoms. The fourth-order valence-electron chi connectivity index (χ4n) is 1.34. The molecule has 0 heterocycles. The maximum atomic E-state index is 9.58. The molecule has 3 nitrogen and oxygen atoms in total. The number of halogens is 1.